The van der Waals surface area contributed by atoms with E-state index in [0.717, 1.165) is 24.9 Å². The first-order valence-electron chi connectivity index (χ1n) is 10.1. The first-order chi connectivity index (χ1) is 13.5. The Morgan fingerprint density at radius 1 is 1.31 bits per heavy atom. The molecule has 2 unspecified atom stereocenters. The molecule has 29 heavy (non-hydrogen) atoms. The number of aliphatic imine (C=N–C) groups is 1. The van der Waals surface area contributed by atoms with Gasteiger partial charge >= 0.3 is 0 Å². The van der Waals surface area contributed by atoms with Crippen LogP contribution >= 0.6 is 24.0 Å². The third kappa shape index (κ3) is 7.83. The van der Waals surface area contributed by atoms with Crippen molar-refractivity contribution in [1.29, 1.82) is 0 Å². The van der Waals surface area contributed by atoms with E-state index in [2.05, 4.69) is 20.9 Å². The number of halogens is 1. The molecule has 1 fully saturated rings. The highest BCUT2D eigenvalue weighted by Crippen LogP contribution is 2.10. The van der Waals surface area contributed by atoms with Crippen LogP contribution in [0.15, 0.2) is 29.3 Å². The van der Waals surface area contributed by atoms with E-state index in [-0.39, 0.29) is 47.9 Å². The maximum absolute atomic E-state index is 12.3. The first kappa shape index (κ1) is 25.2. The lowest BCUT2D eigenvalue weighted by atomic mass is 10.1. The highest BCUT2D eigenvalue weighted by molar-refractivity contribution is 14.0. The predicted octanol–water partition coefficient (Wildman–Crippen LogP) is 2.51. The predicted molar refractivity (Wildman–Crippen MR) is 128 cm³/mol. The Hall–Kier alpha value is -1.84. The summed E-state index contributed by atoms with van der Waals surface area (Å²) in [7, 11) is 1.73. The highest BCUT2D eigenvalue weighted by Gasteiger charge is 2.25. The Kier molecular flexibility index (Phi) is 11.0. The molecule has 1 aromatic carbocycles. The fourth-order valence-corrected chi connectivity index (χ4v) is 3.13. The summed E-state index contributed by atoms with van der Waals surface area (Å²) in [4.78, 5) is 30.3. The standard InChI is InChI=1S/C21H33N5O2.HI/c1-5-15(3)24-20(28)17-9-7-8-16(12-17)13-23-21(22-4)25-18-10-11-26(14-18)19(27)6-2;/h7-9,12,15,18H,5-6,10-11,13-14H2,1-4H3,(H,24,28)(H2,22,23,25);1H. The summed E-state index contributed by atoms with van der Waals surface area (Å²) in [5, 5.41) is 9.66. The van der Waals surface area contributed by atoms with Gasteiger partial charge in [-0.1, -0.05) is 26.0 Å². The van der Waals surface area contributed by atoms with Crippen LogP contribution in [0.1, 0.15) is 56.0 Å². The number of carbonyl (C=O) groups excluding carboxylic acids is 2. The Morgan fingerprint density at radius 2 is 2.07 bits per heavy atom. The normalized spacial score (nSPS) is 17.3. The van der Waals surface area contributed by atoms with E-state index in [1.807, 2.05) is 49.9 Å². The molecule has 1 saturated heterocycles. The molecular formula is C21H34IN5O2. The zero-order valence-electron chi connectivity index (χ0n) is 17.8. The van der Waals surface area contributed by atoms with E-state index in [1.54, 1.807) is 7.05 Å². The number of nitrogens with zero attached hydrogens (tertiary/aromatic N) is 2. The minimum Gasteiger partial charge on any atom is -0.352 e. The maximum atomic E-state index is 12.3. The van der Waals surface area contributed by atoms with Crippen LogP contribution in [0.25, 0.3) is 0 Å². The second-order valence-electron chi connectivity index (χ2n) is 7.23. The third-order valence-electron chi connectivity index (χ3n) is 5.05. The van der Waals surface area contributed by atoms with Crippen molar-refractivity contribution in [3.05, 3.63) is 35.4 Å². The van der Waals surface area contributed by atoms with Crippen LogP contribution in [-0.4, -0.2) is 54.9 Å². The quantitative estimate of drug-likeness (QED) is 0.296. The van der Waals surface area contributed by atoms with E-state index in [9.17, 15) is 9.59 Å². The van der Waals surface area contributed by atoms with Gasteiger partial charge in [0.1, 0.15) is 0 Å². The van der Waals surface area contributed by atoms with Gasteiger partial charge in [-0.15, -0.1) is 24.0 Å². The van der Waals surface area contributed by atoms with E-state index in [0.29, 0.717) is 31.0 Å². The smallest absolute Gasteiger partial charge is 0.251 e. The van der Waals surface area contributed by atoms with Gasteiger partial charge in [0.2, 0.25) is 5.91 Å². The molecule has 8 heteroatoms. The number of likely N-dealkylation sites (tertiary alicyclic amines) is 1. The number of nitrogens with one attached hydrogen (secondary N) is 3. The average Bonchev–Trinajstić information content (AvgIpc) is 3.19. The average molecular weight is 515 g/mol. The van der Waals surface area contributed by atoms with Crippen LogP contribution in [0.5, 0.6) is 0 Å². The van der Waals surface area contributed by atoms with Gasteiger partial charge in [-0.25, -0.2) is 0 Å². The van der Waals surface area contributed by atoms with E-state index in [4.69, 9.17) is 0 Å². The molecule has 0 aliphatic carbocycles. The molecule has 7 nitrogen and oxygen atoms in total. The molecule has 0 saturated carbocycles. The van der Waals surface area contributed by atoms with Gasteiger partial charge in [-0.2, -0.15) is 0 Å². The molecule has 0 bridgehead atoms. The van der Waals surface area contributed by atoms with Gasteiger partial charge in [0.05, 0.1) is 0 Å². The topological polar surface area (TPSA) is 85.8 Å². The number of hydrogen-bond donors (Lipinski definition) is 3. The highest BCUT2D eigenvalue weighted by atomic mass is 127. The summed E-state index contributed by atoms with van der Waals surface area (Å²) < 4.78 is 0. The molecule has 0 aromatic heterocycles. The van der Waals surface area contributed by atoms with Crippen molar-refractivity contribution in [1.82, 2.24) is 20.9 Å². The Labute approximate surface area is 191 Å². The van der Waals surface area contributed by atoms with Crippen molar-refractivity contribution in [2.45, 2.75) is 58.7 Å². The van der Waals surface area contributed by atoms with Crippen molar-refractivity contribution >= 4 is 41.8 Å². The number of guanidine groups is 1. The molecule has 1 aliphatic rings. The molecule has 0 radical (unpaired) electrons. The first-order valence-corrected chi connectivity index (χ1v) is 10.1. The molecule has 1 aromatic rings. The van der Waals surface area contributed by atoms with Crippen LogP contribution in [0.4, 0.5) is 0 Å². The number of carbonyl (C=O) groups is 2. The molecule has 162 valence electrons. The molecular weight excluding hydrogens is 481 g/mol. The molecule has 2 amide bonds. The summed E-state index contributed by atoms with van der Waals surface area (Å²) in [5.41, 5.74) is 1.67. The molecule has 2 rings (SSSR count). The van der Waals surface area contributed by atoms with Gasteiger partial charge in [0.15, 0.2) is 5.96 Å². The summed E-state index contributed by atoms with van der Waals surface area (Å²) >= 11 is 0. The maximum Gasteiger partial charge on any atom is 0.251 e. The number of benzene rings is 1. The minimum atomic E-state index is -0.0506. The lowest BCUT2D eigenvalue weighted by Gasteiger charge is -2.19. The van der Waals surface area contributed by atoms with Crippen molar-refractivity contribution < 1.29 is 9.59 Å². The molecule has 0 spiro atoms. The Bertz CT molecular complexity index is 710. The number of rotatable bonds is 7. The SMILES string of the molecule is CCC(=O)N1CCC(NC(=NC)NCc2cccc(C(=O)NC(C)CC)c2)C1.I. The lowest BCUT2D eigenvalue weighted by Crippen LogP contribution is -2.44. The van der Waals surface area contributed by atoms with E-state index in [1.165, 1.54) is 0 Å². The Balaban J connectivity index is 0.00000420. The van der Waals surface area contributed by atoms with Crippen molar-refractivity contribution in [3.8, 4) is 0 Å². The fraction of sp³-hybridized carbons (Fsp3) is 0.571. The molecule has 1 aliphatic heterocycles. The zero-order valence-corrected chi connectivity index (χ0v) is 20.2. The summed E-state index contributed by atoms with van der Waals surface area (Å²) in [6.45, 7) is 7.99. The Morgan fingerprint density at radius 3 is 2.72 bits per heavy atom. The second-order valence-corrected chi connectivity index (χ2v) is 7.23. The summed E-state index contributed by atoms with van der Waals surface area (Å²) in [5.74, 6) is 0.843. The van der Waals surface area contributed by atoms with Crippen LogP contribution in [-0.2, 0) is 11.3 Å². The van der Waals surface area contributed by atoms with E-state index >= 15 is 0 Å². The van der Waals surface area contributed by atoms with Crippen LogP contribution in [0.3, 0.4) is 0 Å². The van der Waals surface area contributed by atoms with Crippen LogP contribution < -0.4 is 16.0 Å². The largest absolute Gasteiger partial charge is 0.352 e. The second kappa shape index (κ2) is 12.7. The fourth-order valence-electron chi connectivity index (χ4n) is 3.13. The summed E-state index contributed by atoms with van der Waals surface area (Å²) in [6, 6.07) is 7.96. The van der Waals surface area contributed by atoms with Crippen molar-refractivity contribution in [2.24, 2.45) is 4.99 Å². The lowest BCUT2D eigenvalue weighted by molar-refractivity contribution is -0.129. The number of hydrogen-bond acceptors (Lipinski definition) is 3. The van der Waals surface area contributed by atoms with Gasteiger partial charge in [-0.3, -0.25) is 14.6 Å². The molecule has 2 atom stereocenters. The molecule has 1 heterocycles. The van der Waals surface area contributed by atoms with Crippen LogP contribution in [0.2, 0.25) is 0 Å². The number of amides is 2. The van der Waals surface area contributed by atoms with Gasteiger partial charge in [0.25, 0.3) is 5.91 Å². The van der Waals surface area contributed by atoms with Crippen molar-refractivity contribution in [2.75, 3.05) is 20.1 Å². The summed E-state index contributed by atoms with van der Waals surface area (Å²) in [6.07, 6.45) is 2.36. The van der Waals surface area contributed by atoms with E-state index < -0.39 is 0 Å². The van der Waals surface area contributed by atoms with Gasteiger partial charge < -0.3 is 20.9 Å². The monoisotopic (exact) mass is 515 g/mol. The van der Waals surface area contributed by atoms with Gasteiger partial charge in [0, 0.05) is 50.7 Å². The zero-order chi connectivity index (χ0) is 20.5. The minimum absolute atomic E-state index is 0. The molecule has 3 N–H and O–H groups in total. The van der Waals surface area contributed by atoms with Crippen molar-refractivity contribution in [3.63, 3.8) is 0 Å². The van der Waals surface area contributed by atoms with Gasteiger partial charge in [-0.05, 0) is 37.5 Å². The van der Waals surface area contributed by atoms with Crippen LogP contribution in [0, 0.1) is 0 Å². The third-order valence-corrected chi connectivity index (χ3v) is 5.05.